The average Bonchev–Trinajstić information content (AvgIpc) is 2.74. The Morgan fingerprint density at radius 2 is 1.60 bits per heavy atom. The lowest BCUT2D eigenvalue weighted by Crippen LogP contribution is -2.51. The molecule has 0 bridgehead atoms. The Labute approximate surface area is 175 Å². The van der Waals surface area contributed by atoms with Crippen molar-refractivity contribution in [3.8, 4) is 0 Å². The fourth-order valence-electron chi connectivity index (χ4n) is 3.37. The molecule has 1 aliphatic heterocycles. The lowest BCUT2D eigenvalue weighted by Gasteiger charge is -2.35. The average molecular weight is 414 g/mol. The Hall–Kier alpha value is -2.81. The number of amides is 2. The van der Waals surface area contributed by atoms with Crippen molar-refractivity contribution < 1.29 is 19.1 Å². The fraction of sp³-hybridized carbons (Fsp3) is 0.364. The van der Waals surface area contributed by atoms with E-state index in [2.05, 4.69) is 20.4 Å². The minimum atomic E-state index is -0.756. The summed E-state index contributed by atoms with van der Waals surface area (Å²) in [6, 6.07) is 15.1. The zero-order chi connectivity index (χ0) is 21.3. The summed E-state index contributed by atoms with van der Waals surface area (Å²) in [4.78, 5) is 28.3. The topological polar surface area (TPSA) is 84.9 Å². The van der Waals surface area contributed by atoms with E-state index in [4.69, 9.17) is 0 Å². The quantitative estimate of drug-likeness (QED) is 0.604. The van der Waals surface area contributed by atoms with Gasteiger partial charge in [-0.05, 0) is 24.3 Å². The molecule has 3 rings (SSSR count). The van der Waals surface area contributed by atoms with E-state index >= 15 is 0 Å². The Morgan fingerprint density at radius 3 is 2.30 bits per heavy atom. The largest absolute Gasteiger partial charge is 0.390 e. The maximum Gasteiger partial charge on any atom is 0.254 e. The summed E-state index contributed by atoms with van der Waals surface area (Å²) >= 11 is 0. The lowest BCUT2D eigenvalue weighted by atomic mass is 10.2. The van der Waals surface area contributed by atoms with Crippen LogP contribution in [0.2, 0.25) is 0 Å². The third kappa shape index (κ3) is 6.62. The molecule has 8 heteroatoms. The van der Waals surface area contributed by atoms with Crippen LogP contribution in [-0.2, 0) is 4.79 Å². The van der Waals surface area contributed by atoms with Crippen molar-refractivity contribution in [1.29, 1.82) is 0 Å². The van der Waals surface area contributed by atoms with E-state index in [-0.39, 0.29) is 18.0 Å². The van der Waals surface area contributed by atoms with Gasteiger partial charge in [0.2, 0.25) is 5.91 Å². The highest BCUT2D eigenvalue weighted by molar-refractivity contribution is 5.94. The summed E-state index contributed by atoms with van der Waals surface area (Å²) < 4.78 is 13.6. The number of aliphatic hydroxyl groups is 1. The molecule has 1 fully saturated rings. The number of rotatable bonds is 8. The van der Waals surface area contributed by atoms with Crippen LogP contribution >= 0.6 is 0 Å². The number of hydrogen-bond donors (Lipinski definition) is 3. The third-order valence-electron chi connectivity index (χ3n) is 4.98. The van der Waals surface area contributed by atoms with Crippen LogP contribution in [0.4, 0.5) is 10.1 Å². The standard InChI is InChI=1S/C22H27FN4O3/c23-20-9-5-4-8-19(20)22(30)24-14-18(28)15-26-10-12-27(13-11-26)16-21(29)25-17-6-2-1-3-7-17/h1-9,18,28H,10-16H2,(H,24,30)(H,25,29). The van der Waals surface area contributed by atoms with Crippen LogP contribution in [0.15, 0.2) is 54.6 Å². The molecule has 30 heavy (non-hydrogen) atoms. The minimum absolute atomic E-state index is 0.0351. The molecular weight excluding hydrogens is 387 g/mol. The van der Waals surface area contributed by atoms with Gasteiger partial charge in [0.25, 0.3) is 5.91 Å². The number of halogens is 1. The number of anilines is 1. The van der Waals surface area contributed by atoms with Gasteiger partial charge in [0.15, 0.2) is 0 Å². The van der Waals surface area contributed by atoms with E-state index in [0.29, 0.717) is 13.1 Å². The molecule has 0 aromatic heterocycles. The van der Waals surface area contributed by atoms with Crippen molar-refractivity contribution in [1.82, 2.24) is 15.1 Å². The van der Waals surface area contributed by atoms with Gasteiger partial charge in [-0.15, -0.1) is 0 Å². The van der Waals surface area contributed by atoms with Crippen molar-refractivity contribution in [3.05, 3.63) is 66.0 Å². The smallest absolute Gasteiger partial charge is 0.254 e. The summed E-state index contributed by atoms with van der Waals surface area (Å²) in [7, 11) is 0. The maximum atomic E-state index is 13.6. The summed E-state index contributed by atoms with van der Waals surface area (Å²) in [5.41, 5.74) is 0.744. The molecule has 2 aromatic rings. The highest BCUT2D eigenvalue weighted by atomic mass is 19.1. The van der Waals surface area contributed by atoms with Gasteiger partial charge in [-0.1, -0.05) is 30.3 Å². The van der Waals surface area contributed by atoms with Crippen LogP contribution in [0.5, 0.6) is 0 Å². The summed E-state index contributed by atoms with van der Waals surface area (Å²) in [6.07, 6.45) is -0.756. The maximum absolute atomic E-state index is 13.6. The van der Waals surface area contributed by atoms with Gasteiger partial charge in [0.05, 0.1) is 18.2 Å². The van der Waals surface area contributed by atoms with Gasteiger partial charge in [0.1, 0.15) is 5.82 Å². The SMILES string of the molecule is O=C(CN1CCN(CC(O)CNC(=O)c2ccccc2F)CC1)Nc1ccccc1. The number of piperazine rings is 1. The number of nitrogens with one attached hydrogen (secondary N) is 2. The van der Waals surface area contributed by atoms with Crippen molar-refractivity contribution >= 4 is 17.5 Å². The monoisotopic (exact) mass is 414 g/mol. The second-order valence-corrected chi connectivity index (χ2v) is 7.33. The molecule has 1 aliphatic rings. The normalized spacial score (nSPS) is 16.1. The van der Waals surface area contributed by atoms with Crippen LogP contribution in [-0.4, -0.2) is 78.6 Å². The Kier molecular flexibility index (Phi) is 7.89. The molecule has 0 radical (unpaired) electrons. The van der Waals surface area contributed by atoms with Crippen LogP contribution in [0.25, 0.3) is 0 Å². The molecular formula is C22H27FN4O3. The van der Waals surface area contributed by atoms with Crippen LogP contribution in [0.3, 0.4) is 0 Å². The number of hydrogen-bond acceptors (Lipinski definition) is 5. The number of β-amino-alcohol motifs (C(OH)–C–C–N with tert-alkyl or cyclic N) is 1. The fourth-order valence-corrected chi connectivity index (χ4v) is 3.37. The molecule has 1 unspecified atom stereocenters. The van der Waals surface area contributed by atoms with Crippen molar-refractivity contribution in [2.75, 3.05) is 51.1 Å². The van der Waals surface area contributed by atoms with Crippen LogP contribution in [0, 0.1) is 5.82 Å². The number of carbonyl (C=O) groups excluding carboxylic acids is 2. The molecule has 7 nitrogen and oxygen atoms in total. The molecule has 160 valence electrons. The highest BCUT2D eigenvalue weighted by Crippen LogP contribution is 2.08. The number of para-hydroxylation sites is 1. The molecule has 2 aromatic carbocycles. The van der Waals surface area contributed by atoms with Crippen molar-refractivity contribution in [2.24, 2.45) is 0 Å². The first kappa shape index (κ1) is 21.9. The first-order chi connectivity index (χ1) is 14.5. The second-order valence-electron chi connectivity index (χ2n) is 7.33. The molecule has 1 saturated heterocycles. The number of aliphatic hydroxyl groups excluding tert-OH is 1. The summed E-state index contributed by atoms with van der Waals surface area (Å²) in [5, 5.41) is 15.7. The lowest BCUT2D eigenvalue weighted by molar-refractivity contribution is -0.117. The number of nitrogens with zero attached hydrogens (tertiary/aromatic N) is 2. The first-order valence-electron chi connectivity index (χ1n) is 10.0. The molecule has 0 saturated carbocycles. The minimum Gasteiger partial charge on any atom is -0.390 e. The van der Waals surface area contributed by atoms with Crippen molar-refractivity contribution in [3.63, 3.8) is 0 Å². The summed E-state index contributed by atoms with van der Waals surface area (Å²) in [5.74, 6) is -1.18. The molecule has 3 N–H and O–H groups in total. The molecule has 0 aliphatic carbocycles. The van der Waals surface area contributed by atoms with E-state index in [9.17, 15) is 19.1 Å². The molecule has 0 spiro atoms. The van der Waals surface area contributed by atoms with E-state index in [0.717, 1.165) is 31.9 Å². The predicted molar refractivity (Wildman–Crippen MR) is 113 cm³/mol. The van der Waals surface area contributed by atoms with E-state index in [1.54, 1.807) is 6.07 Å². The van der Waals surface area contributed by atoms with E-state index < -0.39 is 17.8 Å². The molecule has 1 atom stereocenters. The second kappa shape index (κ2) is 10.8. The van der Waals surface area contributed by atoms with E-state index in [1.807, 2.05) is 30.3 Å². The molecule has 2 amide bonds. The predicted octanol–water partition coefficient (Wildman–Crippen LogP) is 1.17. The number of carbonyl (C=O) groups is 2. The van der Waals surface area contributed by atoms with Crippen molar-refractivity contribution in [2.45, 2.75) is 6.10 Å². The number of benzene rings is 2. The van der Waals surface area contributed by atoms with Gasteiger partial charge in [-0.25, -0.2) is 4.39 Å². The van der Waals surface area contributed by atoms with Gasteiger partial charge in [-0.2, -0.15) is 0 Å². The van der Waals surface area contributed by atoms with Crippen LogP contribution < -0.4 is 10.6 Å². The third-order valence-corrected chi connectivity index (χ3v) is 4.98. The Morgan fingerprint density at radius 1 is 0.967 bits per heavy atom. The molecule has 1 heterocycles. The Bertz CT molecular complexity index is 841. The zero-order valence-corrected chi connectivity index (χ0v) is 16.8. The first-order valence-corrected chi connectivity index (χ1v) is 10.0. The van der Waals surface area contributed by atoms with Gasteiger partial charge >= 0.3 is 0 Å². The Balaban J connectivity index is 1.34. The van der Waals surface area contributed by atoms with Gasteiger partial charge in [-0.3, -0.25) is 19.4 Å². The van der Waals surface area contributed by atoms with Gasteiger partial charge < -0.3 is 15.7 Å². The zero-order valence-electron chi connectivity index (χ0n) is 16.8. The highest BCUT2D eigenvalue weighted by Gasteiger charge is 2.21. The van der Waals surface area contributed by atoms with E-state index in [1.165, 1.54) is 18.2 Å². The van der Waals surface area contributed by atoms with Crippen LogP contribution in [0.1, 0.15) is 10.4 Å². The summed E-state index contributed by atoms with van der Waals surface area (Å²) in [6.45, 7) is 3.65. The van der Waals surface area contributed by atoms with Gasteiger partial charge in [0, 0.05) is 45.0 Å².